The number of sulfone groups is 1. The standard InChI is InChI=1S/C22H17F2N3O4.C15H13N3O4.C11H11N3O4S.C11H11N3O2S.C6H6N2O3S.C5H8N2O3S2.C4H8N2O3.K/c1-12-18(28)15(9-14-7-8-16(23)17(24)10-14)21(30)27-22(12)31-20(26-27)19(29)25-11-13-5-3-2-4-6-13;1-9-11(19)7-12(20)18-15(9)22-14(17-18)13(21)16-8-10-5-3-2-4-6-10;1-19(16,17)11-14-13-10(18-11)9(15)12-7-8-5-3-2-4-6-8;1-17-11-14-13-10(16-11)9(15)12-7-8-5-3-2-4-6-8;1-3-10-5(9)4-7-8-6(11-4)12-2;1-2-10-4(9)3(8)6-7-5(11)12;1-2-9-4(8)3(7)6-5;/h2-8,10,15H,9,11H2,1H3,(H,25,29);2-6H,7-8H2,1H3,(H,16,21);2-6H,7H2,1H3,(H,12,15);2-6H,7H2,1H3,(H,12,15);2H,3H2,1H3;2H2,1H3,(H,6,8)(H2,7,11,12);2,5H2,1H3,(H,6,7);/q;;;;;;;+1/p-1. The molecule has 0 saturated carbocycles. The molecule has 12 rings (SSSR count). The van der Waals surface area contributed by atoms with Gasteiger partial charge < -0.3 is 88.5 Å². The molecule has 642 valence electrons. The van der Waals surface area contributed by atoms with Crippen LogP contribution in [0.15, 0.2) is 202 Å². The van der Waals surface area contributed by atoms with Gasteiger partial charge in [-0.2, -0.15) is 10.0 Å². The van der Waals surface area contributed by atoms with Crippen molar-refractivity contribution >= 4 is 150 Å². The molecule has 49 heteroatoms. The molecule has 0 bridgehead atoms. The number of ether oxygens (including phenoxy) is 5. The largest absolute Gasteiger partial charge is 1.00 e. The van der Waals surface area contributed by atoms with Crippen molar-refractivity contribution in [2.24, 2.45) is 22.0 Å². The number of thiocarbonyl (C=S) groups is 1. The molecule has 0 spiro atoms. The first-order valence-corrected chi connectivity index (χ1v) is 39.9. The fraction of sp³-hybridized carbons (Fsp3) is 0.230. The number of hydrazone groups is 2. The average Bonchev–Trinajstić information content (AvgIpc) is 1.63. The third kappa shape index (κ3) is 32.3. The molecule has 7 heterocycles. The van der Waals surface area contributed by atoms with Gasteiger partial charge in [-0.15, -0.1) is 25.5 Å². The number of amides is 8. The van der Waals surface area contributed by atoms with E-state index in [-0.39, 0.29) is 176 Å². The van der Waals surface area contributed by atoms with Gasteiger partial charge in [-0.1, -0.05) is 160 Å². The van der Waals surface area contributed by atoms with E-state index in [1.54, 1.807) is 32.5 Å². The van der Waals surface area contributed by atoms with Crippen LogP contribution in [0.5, 0.6) is 0 Å². The summed E-state index contributed by atoms with van der Waals surface area (Å²) >= 11 is 10.9. The number of nitrogens with two attached hydrogens (primary N) is 1. The van der Waals surface area contributed by atoms with Crippen molar-refractivity contribution in [3.05, 3.63) is 220 Å². The summed E-state index contributed by atoms with van der Waals surface area (Å²) in [6.07, 6.45) is 2.33. The summed E-state index contributed by atoms with van der Waals surface area (Å²) in [4.78, 5) is 149. The Balaban J connectivity index is 0.000000264. The van der Waals surface area contributed by atoms with Crippen LogP contribution in [0.1, 0.15) is 101 Å². The molecular weight excluding hydrogens is 1750 g/mol. The number of benzene rings is 5. The number of carbonyl (C=O) groups excluding carboxylic acids is 13. The molecule has 9 N–H and O–H groups in total. The van der Waals surface area contributed by atoms with Crippen LogP contribution in [0, 0.1) is 23.2 Å². The summed E-state index contributed by atoms with van der Waals surface area (Å²) in [6.45, 7) is 9.73. The number of ketones is 2. The van der Waals surface area contributed by atoms with Crippen molar-refractivity contribution in [1.29, 1.82) is 0 Å². The van der Waals surface area contributed by atoms with E-state index in [4.69, 9.17) is 28.4 Å². The number of rotatable bonds is 20. The number of nitrogens with one attached hydrogen (secondary N) is 7. The fourth-order valence-electron chi connectivity index (χ4n) is 9.12. The molecule has 3 aromatic heterocycles. The van der Waals surface area contributed by atoms with E-state index < -0.39 is 97.7 Å². The van der Waals surface area contributed by atoms with Gasteiger partial charge in [0.05, 0.1) is 37.4 Å². The van der Waals surface area contributed by atoms with Crippen LogP contribution >= 0.6 is 35.1 Å². The summed E-state index contributed by atoms with van der Waals surface area (Å²) < 4.78 is 87.4. The molecule has 0 saturated heterocycles. The van der Waals surface area contributed by atoms with Gasteiger partial charge in [-0.25, -0.2) is 37.4 Å². The number of hydrogen-bond donors (Lipinski definition) is 8. The Hall–Kier alpha value is -12.7. The molecule has 5 aromatic carbocycles. The first kappa shape index (κ1) is 101. The van der Waals surface area contributed by atoms with E-state index in [0.717, 1.165) is 61.8 Å². The van der Waals surface area contributed by atoms with Gasteiger partial charge in [0.15, 0.2) is 23.2 Å². The maximum Gasteiger partial charge on any atom is 1.00 e. The number of aromatic nitrogens is 6. The van der Waals surface area contributed by atoms with Crippen molar-refractivity contribution in [3.63, 3.8) is 0 Å². The van der Waals surface area contributed by atoms with Gasteiger partial charge in [-0.05, 0) is 103 Å². The summed E-state index contributed by atoms with van der Waals surface area (Å²) in [5.74, 6) is -8.60. The van der Waals surface area contributed by atoms with Crippen molar-refractivity contribution in [2.45, 2.75) is 89.3 Å². The number of nitrogens with zero attached hydrogens (tertiary/aromatic N) is 10. The quantitative estimate of drug-likeness (QED) is 0.00445. The van der Waals surface area contributed by atoms with Gasteiger partial charge in [0.25, 0.3) is 17.0 Å². The van der Waals surface area contributed by atoms with Crippen molar-refractivity contribution in [1.82, 2.24) is 78.2 Å². The molecule has 0 radical (unpaired) electrons. The number of thioether (sulfide) groups is 1. The smallest absolute Gasteiger partial charge is 0.459 e. The monoisotopic (exact) mass is 1820 g/mol. The normalized spacial score (nSPS) is 13.1. The van der Waals surface area contributed by atoms with E-state index in [0.29, 0.717) is 18.3 Å². The number of Topliss-reactive ketones (excluding diaryl/α,β-unsaturated/α-hetero) is 2. The molecule has 1 atom stereocenters. The molecule has 4 aliphatic heterocycles. The minimum Gasteiger partial charge on any atom is -0.459 e. The Morgan fingerprint density at radius 1 is 0.569 bits per heavy atom. The van der Waals surface area contributed by atoms with Gasteiger partial charge >= 0.3 is 145 Å². The number of carbonyl (C=O) groups is 13. The van der Waals surface area contributed by atoms with Crippen LogP contribution in [0.2, 0.25) is 0 Å². The third-order valence-corrected chi connectivity index (χ3v) is 16.8. The Morgan fingerprint density at radius 2 is 1.00 bits per heavy atom. The van der Waals surface area contributed by atoms with Gasteiger partial charge in [0.2, 0.25) is 21.6 Å². The SMILES string of the molecule is C#Sc1nnc(C(=O)OCC)o1.CC1=C2OC(C(=O)NCc3ccccc3)=NN2C(=O)C(Cc2ccc(F)c(F)c2)C1=O.CC1=C2OC(C(=O)NCc3ccccc3)=NN2C(=O)CC1=O.CCOC(=O)C(=O)NN.CCOC(=O)C(=O)NNC(=S)[S-].CS(=O)(=O)c1nnc(C(=O)NCc2ccccc2)o1.CSc1nnc(C(=O)NCc2ccccc2)o1.[K+]. The second-order valence-electron chi connectivity index (χ2n) is 23.6. The second kappa shape index (κ2) is 51.2. The predicted molar refractivity (Wildman–Crippen MR) is 427 cm³/mol. The maximum absolute atomic E-state index is 13.5. The Kier molecular flexibility index (Phi) is 42.0. The minimum atomic E-state index is -3.60. The molecule has 4 aliphatic rings. The van der Waals surface area contributed by atoms with Crippen LogP contribution in [0.3, 0.4) is 0 Å². The first-order chi connectivity index (χ1) is 58.2. The predicted octanol–water partition coefficient (Wildman–Crippen LogP) is 0.703. The number of esters is 3. The van der Waals surface area contributed by atoms with E-state index in [1.807, 2.05) is 127 Å². The van der Waals surface area contributed by atoms with Gasteiger partial charge in [0, 0.05) is 32.4 Å². The van der Waals surface area contributed by atoms with E-state index in [2.05, 4.69) is 112 Å². The molecule has 1 unspecified atom stereocenters. The molecular formula is C74H73F2KN18O23S5. The number of allylic oxidation sites excluding steroid dienone is 2. The van der Waals surface area contributed by atoms with Crippen molar-refractivity contribution < 1.29 is 168 Å². The van der Waals surface area contributed by atoms with Crippen LogP contribution in [0.4, 0.5) is 8.78 Å². The van der Waals surface area contributed by atoms with Gasteiger partial charge in [0.1, 0.15) is 5.92 Å². The Bertz CT molecular complexity index is 5450. The maximum atomic E-state index is 13.5. The molecule has 8 aromatic rings. The van der Waals surface area contributed by atoms with E-state index >= 15 is 0 Å². The first-order valence-electron chi connectivity index (χ1n) is 35.1. The summed E-state index contributed by atoms with van der Waals surface area (Å²) in [7, 11) is -3.60. The topological polar surface area (TPSA) is 560 Å². The molecule has 41 nitrogen and oxygen atoms in total. The van der Waals surface area contributed by atoms with Crippen molar-refractivity contribution in [2.75, 3.05) is 32.3 Å². The van der Waals surface area contributed by atoms with E-state index in [9.17, 15) is 79.5 Å². The zero-order valence-electron chi connectivity index (χ0n) is 66.0. The second-order valence-corrected chi connectivity index (χ2v) is 27.9. The fourth-order valence-corrected chi connectivity index (χ4v) is 10.1. The Labute approximate surface area is 758 Å². The summed E-state index contributed by atoms with van der Waals surface area (Å²) in [5, 5.41) is 41.0. The summed E-state index contributed by atoms with van der Waals surface area (Å²) in [6, 6.07) is 40.6. The van der Waals surface area contributed by atoms with Crippen LogP contribution < -0.4 is 94.8 Å². The minimum absolute atomic E-state index is 0. The molecule has 123 heavy (non-hydrogen) atoms. The Morgan fingerprint density at radius 3 is 1.42 bits per heavy atom. The number of hydrogen-bond acceptors (Lipinski definition) is 35. The van der Waals surface area contributed by atoms with Crippen LogP contribution in [-0.4, -0.2) is 174 Å². The van der Waals surface area contributed by atoms with Gasteiger partial charge in [-0.3, -0.25) is 58.8 Å². The average molecular weight is 1820 g/mol. The zero-order chi connectivity index (χ0) is 89.6. The van der Waals surface area contributed by atoms with Crippen LogP contribution in [0.25, 0.3) is 0 Å². The van der Waals surface area contributed by atoms with Crippen molar-refractivity contribution in [3.8, 4) is 5.69 Å². The molecule has 0 aliphatic carbocycles. The number of hydrazine groups is 2. The van der Waals surface area contributed by atoms with E-state index in [1.165, 1.54) is 31.7 Å². The third-order valence-electron chi connectivity index (χ3n) is 14.9. The van der Waals surface area contributed by atoms with Crippen LogP contribution in [-0.2, 0) is 127 Å². The summed E-state index contributed by atoms with van der Waals surface area (Å²) in [5.41, 5.74) is 15.2. The number of fused-ring (bicyclic) bond motifs is 2. The molecule has 0 fully saturated rings. The molecule has 8 amide bonds. The zero-order valence-corrected chi connectivity index (χ0v) is 73.2. The number of halogens is 2.